The summed E-state index contributed by atoms with van der Waals surface area (Å²) in [4.78, 5) is 24.2. The summed E-state index contributed by atoms with van der Waals surface area (Å²) in [6, 6.07) is 0. The van der Waals surface area contributed by atoms with Crippen LogP contribution in [0.4, 0.5) is 0 Å². The summed E-state index contributed by atoms with van der Waals surface area (Å²) in [7, 11) is 0. The third-order valence-corrected chi connectivity index (χ3v) is 8.25. The number of aliphatic hydroxyl groups is 3. The van der Waals surface area contributed by atoms with Gasteiger partial charge in [0.2, 0.25) is 0 Å². The van der Waals surface area contributed by atoms with Crippen molar-refractivity contribution in [2.45, 2.75) is 57.7 Å². The molecule has 0 spiro atoms. The molecule has 0 amide bonds. The van der Waals surface area contributed by atoms with Crippen LogP contribution in [-0.2, 0) is 9.59 Å². The van der Waals surface area contributed by atoms with Gasteiger partial charge in [0.15, 0.2) is 11.6 Å². The summed E-state index contributed by atoms with van der Waals surface area (Å²) >= 11 is 0. The minimum atomic E-state index is -1.56. The van der Waals surface area contributed by atoms with Crippen LogP contribution in [0.2, 0.25) is 0 Å². The predicted molar refractivity (Wildman–Crippen MR) is 95.0 cm³/mol. The van der Waals surface area contributed by atoms with Gasteiger partial charge in [0.25, 0.3) is 0 Å². The van der Waals surface area contributed by atoms with E-state index in [0.29, 0.717) is 12.8 Å². The van der Waals surface area contributed by atoms with E-state index in [2.05, 4.69) is 6.92 Å². The smallest absolute Gasteiger partial charge is 0.190 e. The largest absolute Gasteiger partial charge is 0.393 e. The van der Waals surface area contributed by atoms with E-state index in [1.54, 1.807) is 12.2 Å². The lowest BCUT2D eigenvalue weighted by Gasteiger charge is -2.59. The van der Waals surface area contributed by atoms with Crippen LogP contribution >= 0.6 is 0 Å². The number of fused-ring (bicyclic) bond motifs is 5. The highest BCUT2D eigenvalue weighted by Crippen LogP contribution is 2.67. The molecule has 5 heteroatoms. The highest BCUT2D eigenvalue weighted by atomic mass is 16.3. The van der Waals surface area contributed by atoms with Crippen molar-refractivity contribution in [1.82, 2.24) is 0 Å². The van der Waals surface area contributed by atoms with Gasteiger partial charge in [0.1, 0.15) is 12.2 Å². The van der Waals surface area contributed by atoms with Gasteiger partial charge in [0.05, 0.1) is 6.10 Å². The van der Waals surface area contributed by atoms with Gasteiger partial charge in [-0.05, 0) is 56.1 Å². The van der Waals surface area contributed by atoms with Crippen LogP contribution in [0.3, 0.4) is 0 Å². The number of allylic oxidation sites excluding steroid dienone is 4. The predicted octanol–water partition coefficient (Wildman–Crippen LogP) is 1.56. The molecule has 142 valence electrons. The maximum atomic E-state index is 12.4. The first-order valence-corrected chi connectivity index (χ1v) is 9.66. The van der Waals surface area contributed by atoms with E-state index in [1.165, 1.54) is 0 Å². The second kappa shape index (κ2) is 5.60. The summed E-state index contributed by atoms with van der Waals surface area (Å²) in [5.41, 5.74) is -1.54. The van der Waals surface area contributed by atoms with Crippen molar-refractivity contribution in [2.75, 3.05) is 6.61 Å². The van der Waals surface area contributed by atoms with Gasteiger partial charge in [-0.15, -0.1) is 0 Å². The summed E-state index contributed by atoms with van der Waals surface area (Å²) < 4.78 is 0. The van der Waals surface area contributed by atoms with Gasteiger partial charge in [-0.2, -0.15) is 0 Å². The molecule has 6 unspecified atom stereocenters. The second-order valence-electron chi connectivity index (χ2n) is 9.19. The van der Waals surface area contributed by atoms with Crippen molar-refractivity contribution in [2.24, 2.45) is 28.6 Å². The fraction of sp³-hybridized carbons (Fsp3) is 0.714. The molecule has 4 aliphatic rings. The van der Waals surface area contributed by atoms with Crippen LogP contribution in [0.1, 0.15) is 46.0 Å². The average molecular weight is 360 g/mol. The van der Waals surface area contributed by atoms with Crippen LogP contribution < -0.4 is 0 Å². The zero-order valence-electron chi connectivity index (χ0n) is 15.4. The van der Waals surface area contributed by atoms with E-state index in [9.17, 15) is 24.9 Å². The Labute approximate surface area is 153 Å². The molecule has 3 fully saturated rings. The molecule has 0 saturated heterocycles. The minimum Gasteiger partial charge on any atom is -0.393 e. The number of carbonyl (C=O) groups excluding carboxylic acids is 2. The molecule has 4 aliphatic carbocycles. The molecule has 4 rings (SSSR count). The molecule has 0 aromatic rings. The standard InChI is InChI=1S/C21H28O5/c1-19-7-5-13(23)9-12(19)3-4-14-15-6-8-21(26,17(25)11-22)20(15,2)10-16(24)18(14)19/h5,7,9,14-16,18,22,24,26H,3-4,6,8,10-11H2,1-2H3/t14?,15?,16?,18?,19?,20-,21?/m0/s1. The number of Topliss-reactive ketones (excluding diaryl/α,β-unsaturated/α-hetero) is 1. The summed E-state index contributed by atoms with van der Waals surface area (Å²) in [5, 5.41) is 31.7. The Morgan fingerprint density at radius 1 is 1.31 bits per heavy atom. The highest BCUT2D eigenvalue weighted by Gasteiger charge is 2.67. The second-order valence-corrected chi connectivity index (χ2v) is 9.19. The van der Waals surface area contributed by atoms with Crippen LogP contribution in [0.15, 0.2) is 23.8 Å². The number of carbonyl (C=O) groups is 2. The van der Waals surface area contributed by atoms with Gasteiger partial charge >= 0.3 is 0 Å². The Bertz CT molecular complexity index is 724. The zero-order valence-corrected chi connectivity index (χ0v) is 15.4. The van der Waals surface area contributed by atoms with Crippen molar-refractivity contribution in [3.63, 3.8) is 0 Å². The Hall–Kier alpha value is -1.30. The Kier molecular flexibility index (Phi) is 3.89. The third kappa shape index (κ3) is 2.08. The molecular weight excluding hydrogens is 332 g/mol. The van der Waals surface area contributed by atoms with Crippen LogP contribution in [-0.4, -0.2) is 45.2 Å². The van der Waals surface area contributed by atoms with Crippen molar-refractivity contribution in [1.29, 1.82) is 0 Å². The topological polar surface area (TPSA) is 94.8 Å². The minimum absolute atomic E-state index is 0.00912. The van der Waals surface area contributed by atoms with E-state index < -0.39 is 29.5 Å². The van der Waals surface area contributed by atoms with Gasteiger partial charge in [-0.25, -0.2) is 0 Å². The molecule has 5 nitrogen and oxygen atoms in total. The molecule has 0 aromatic carbocycles. The van der Waals surface area contributed by atoms with Crippen molar-refractivity contribution in [3.8, 4) is 0 Å². The monoisotopic (exact) mass is 360 g/mol. The first-order chi connectivity index (χ1) is 12.2. The molecule has 26 heavy (non-hydrogen) atoms. The maximum Gasteiger partial charge on any atom is 0.190 e. The summed E-state index contributed by atoms with van der Waals surface area (Å²) in [6.45, 7) is 3.34. The molecule has 0 radical (unpaired) electrons. The van der Waals surface area contributed by atoms with E-state index in [1.807, 2.05) is 13.0 Å². The zero-order chi connectivity index (χ0) is 18.9. The Morgan fingerprint density at radius 2 is 2.04 bits per heavy atom. The molecule has 3 saturated carbocycles. The average Bonchev–Trinajstić information content (AvgIpc) is 2.86. The van der Waals surface area contributed by atoms with Crippen molar-refractivity contribution in [3.05, 3.63) is 23.8 Å². The van der Waals surface area contributed by atoms with Gasteiger partial charge in [0, 0.05) is 16.7 Å². The van der Waals surface area contributed by atoms with Crippen LogP contribution in [0.5, 0.6) is 0 Å². The number of aliphatic hydroxyl groups excluding tert-OH is 2. The van der Waals surface area contributed by atoms with Gasteiger partial charge in [-0.3, -0.25) is 9.59 Å². The molecule has 0 heterocycles. The first kappa shape index (κ1) is 18.1. The van der Waals surface area contributed by atoms with Gasteiger partial charge in [-0.1, -0.05) is 25.5 Å². The molecule has 0 aromatic heterocycles. The quantitative estimate of drug-likeness (QED) is 0.695. The summed E-state index contributed by atoms with van der Waals surface area (Å²) in [6.07, 6.45) is 7.68. The van der Waals surface area contributed by atoms with E-state index >= 15 is 0 Å². The number of hydrogen-bond donors (Lipinski definition) is 3. The van der Waals surface area contributed by atoms with E-state index in [-0.39, 0.29) is 29.0 Å². The molecule has 3 N–H and O–H groups in total. The Balaban J connectivity index is 1.75. The summed E-state index contributed by atoms with van der Waals surface area (Å²) in [5.74, 6) is -0.227. The van der Waals surface area contributed by atoms with Crippen molar-refractivity contribution < 1.29 is 24.9 Å². The fourth-order valence-corrected chi connectivity index (χ4v) is 6.92. The Morgan fingerprint density at radius 3 is 2.73 bits per heavy atom. The normalized spacial score (nSPS) is 49.9. The number of hydrogen-bond acceptors (Lipinski definition) is 5. The maximum absolute atomic E-state index is 12.4. The number of rotatable bonds is 2. The lowest BCUT2D eigenvalue weighted by Crippen LogP contribution is -2.61. The lowest BCUT2D eigenvalue weighted by atomic mass is 9.46. The SMILES string of the molecule is CC12C=CC(=O)C=C1CCC1C2C(O)C[C@@]2(C)C1CCC2(O)C(=O)CO. The first-order valence-electron chi connectivity index (χ1n) is 9.66. The molecule has 7 atom stereocenters. The number of ketones is 2. The van der Waals surface area contributed by atoms with E-state index in [4.69, 9.17) is 0 Å². The molecule has 0 aliphatic heterocycles. The van der Waals surface area contributed by atoms with E-state index in [0.717, 1.165) is 24.8 Å². The van der Waals surface area contributed by atoms with Crippen molar-refractivity contribution >= 4 is 11.6 Å². The lowest BCUT2D eigenvalue weighted by molar-refractivity contribution is -0.178. The van der Waals surface area contributed by atoms with Crippen LogP contribution in [0, 0.1) is 28.6 Å². The highest BCUT2D eigenvalue weighted by molar-refractivity contribution is 6.01. The van der Waals surface area contributed by atoms with Gasteiger partial charge < -0.3 is 15.3 Å². The molecule has 0 bridgehead atoms. The fourth-order valence-electron chi connectivity index (χ4n) is 6.92. The third-order valence-electron chi connectivity index (χ3n) is 8.25. The molecular formula is C21H28O5. The van der Waals surface area contributed by atoms with Crippen LogP contribution in [0.25, 0.3) is 0 Å².